The van der Waals surface area contributed by atoms with Crippen LogP contribution in [-0.4, -0.2) is 16.2 Å². The van der Waals surface area contributed by atoms with Gasteiger partial charge in [-0.25, -0.2) is 9.97 Å². The number of allylic oxidation sites excluding steroid dienone is 5. The Hall–Kier alpha value is -3.01. The average molecular weight is 346 g/mol. The fraction of sp³-hybridized carbons (Fsp3) is 0.227. The van der Waals surface area contributed by atoms with E-state index in [0.29, 0.717) is 18.1 Å². The van der Waals surface area contributed by atoms with E-state index >= 15 is 0 Å². The van der Waals surface area contributed by atoms with Crippen LogP contribution in [0, 0.1) is 6.92 Å². The Balaban J connectivity index is 2.39. The van der Waals surface area contributed by atoms with Crippen molar-refractivity contribution in [1.29, 1.82) is 0 Å². The van der Waals surface area contributed by atoms with Crippen LogP contribution in [-0.2, 0) is 6.42 Å². The molecule has 0 aliphatic rings. The smallest absolute Gasteiger partial charge is 0.161 e. The molecule has 0 atom stereocenters. The SMILES string of the molecule is C=CCc1c(C)nc(C(/C=C\C)=C/CC)nc1N/N=C/c1ccccc1. The summed E-state index contributed by atoms with van der Waals surface area (Å²) >= 11 is 0. The zero-order chi connectivity index (χ0) is 18.8. The van der Waals surface area contributed by atoms with Crippen LogP contribution in [0.3, 0.4) is 0 Å². The van der Waals surface area contributed by atoms with Crippen molar-refractivity contribution in [3.8, 4) is 0 Å². The molecule has 2 aromatic rings. The van der Waals surface area contributed by atoms with Crippen LogP contribution in [0.5, 0.6) is 0 Å². The van der Waals surface area contributed by atoms with Gasteiger partial charge in [0.2, 0.25) is 0 Å². The molecule has 1 aromatic carbocycles. The van der Waals surface area contributed by atoms with Gasteiger partial charge in [-0.2, -0.15) is 5.10 Å². The Bertz CT molecular complexity index is 818. The van der Waals surface area contributed by atoms with E-state index in [1.54, 1.807) is 6.21 Å². The lowest BCUT2D eigenvalue weighted by atomic mass is 10.1. The van der Waals surface area contributed by atoms with Gasteiger partial charge in [-0.1, -0.05) is 61.6 Å². The second kappa shape index (κ2) is 10.1. The highest BCUT2D eigenvalue weighted by atomic mass is 15.3. The minimum atomic E-state index is 0.686. The largest absolute Gasteiger partial charge is 0.261 e. The highest BCUT2D eigenvalue weighted by Gasteiger charge is 2.12. The first-order valence-corrected chi connectivity index (χ1v) is 8.85. The normalized spacial score (nSPS) is 12.0. The van der Waals surface area contributed by atoms with E-state index in [1.807, 2.05) is 62.4 Å². The molecule has 0 amide bonds. The van der Waals surface area contributed by atoms with E-state index in [2.05, 4.69) is 35.1 Å². The minimum absolute atomic E-state index is 0.686. The molecule has 2 rings (SSSR count). The van der Waals surface area contributed by atoms with Crippen LogP contribution in [0.25, 0.3) is 5.57 Å². The van der Waals surface area contributed by atoms with Gasteiger partial charge >= 0.3 is 0 Å². The zero-order valence-corrected chi connectivity index (χ0v) is 15.7. The first-order valence-electron chi connectivity index (χ1n) is 8.85. The lowest BCUT2D eigenvalue weighted by Crippen LogP contribution is -2.07. The third-order valence-electron chi connectivity index (χ3n) is 3.77. The molecule has 4 nitrogen and oxygen atoms in total. The molecule has 26 heavy (non-hydrogen) atoms. The number of nitrogens with one attached hydrogen (secondary N) is 1. The average Bonchev–Trinajstić information content (AvgIpc) is 2.65. The van der Waals surface area contributed by atoms with Crippen molar-refractivity contribution in [2.45, 2.75) is 33.6 Å². The van der Waals surface area contributed by atoms with E-state index in [0.717, 1.165) is 28.8 Å². The second-order valence-corrected chi connectivity index (χ2v) is 5.80. The number of aromatic nitrogens is 2. The van der Waals surface area contributed by atoms with Gasteiger partial charge in [0.25, 0.3) is 0 Å². The Morgan fingerprint density at radius 2 is 2.00 bits per heavy atom. The monoisotopic (exact) mass is 346 g/mol. The molecule has 0 aliphatic heterocycles. The van der Waals surface area contributed by atoms with Gasteiger partial charge in [-0.05, 0) is 32.3 Å². The quantitative estimate of drug-likeness (QED) is 0.304. The van der Waals surface area contributed by atoms with Crippen molar-refractivity contribution in [3.63, 3.8) is 0 Å². The van der Waals surface area contributed by atoms with Crippen molar-refractivity contribution >= 4 is 17.6 Å². The summed E-state index contributed by atoms with van der Waals surface area (Å²) in [7, 11) is 0. The maximum atomic E-state index is 4.72. The van der Waals surface area contributed by atoms with Gasteiger partial charge in [0.15, 0.2) is 11.6 Å². The molecule has 0 saturated heterocycles. The first kappa shape index (κ1) is 19.3. The Labute approximate surface area is 156 Å². The molecule has 0 aliphatic carbocycles. The third-order valence-corrected chi connectivity index (χ3v) is 3.77. The topological polar surface area (TPSA) is 50.2 Å². The van der Waals surface area contributed by atoms with Crippen molar-refractivity contribution in [2.24, 2.45) is 5.10 Å². The van der Waals surface area contributed by atoms with Crippen LogP contribution in [0.2, 0.25) is 0 Å². The Kier molecular flexibility index (Phi) is 7.49. The Morgan fingerprint density at radius 1 is 1.23 bits per heavy atom. The number of nitrogens with zero attached hydrogens (tertiary/aromatic N) is 3. The standard InChI is InChI=1S/C22H26N4/c1-5-11-19(12-6-2)21-24-17(4)20(13-7-3)22(25-21)26-23-16-18-14-9-8-10-15-18/h5,7-12,14-16H,3,6,13H2,1-2,4H3,(H,24,25,26)/b11-5-,19-12+,23-16+. The first-order chi connectivity index (χ1) is 12.7. The van der Waals surface area contributed by atoms with Crippen LogP contribution in [0.1, 0.15) is 42.9 Å². The molecule has 0 saturated carbocycles. The molecule has 0 radical (unpaired) electrons. The van der Waals surface area contributed by atoms with Crippen molar-refractivity contribution in [2.75, 3.05) is 5.43 Å². The van der Waals surface area contributed by atoms with E-state index in [4.69, 9.17) is 4.98 Å². The van der Waals surface area contributed by atoms with Crippen LogP contribution in [0.4, 0.5) is 5.82 Å². The number of aryl methyl sites for hydroxylation is 1. The molecular weight excluding hydrogens is 320 g/mol. The van der Waals surface area contributed by atoms with Crippen LogP contribution < -0.4 is 5.43 Å². The van der Waals surface area contributed by atoms with Crippen molar-refractivity contribution < 1.29 is 0 Å². The van der Waals surface area contributed by atoms with E-state index in [9.17, 15) is 0 Å². The summed E-state index contributed by atoms with van der Waals surface area (Å²) in [5.74, 6) is 1.42. The molecule has 0 bridgehead atoms. The van der Waals surface area contributed by atoms with Gasteiger partial charge in [0.1, 0.15) is 0 Å². The number of rotatable bonds is 8. The summed E-state index contributed by atoms with van der Waals surface area (Å²) in [5.41, 5.74) is 7.06. The lowest BCUT2D eigenvalue weighted by molar-refractivity contribution is 0.998. The summed E-state index contributed by atoms with van der Waals surface area (Å²) in [6, 6.07) is 9.95. The number of hydrogen-bond donors (Lipinski definition) is 1. The second-order valence-electron chi connectivity index (χ2n) is 5.80. The predicted molar refractivity (Wildman–Crippen MR) is 111 cm³/mol. The molecule has 1 aromatic heterocycles. The summed E-state index contributed by atoms with van der Waals surface area (Å²) < 4.78 is 0. The van der Waals surface area contributed by atoms with Crippen molar-refractivity contribution in [3.05, 3.63) is 83.9 Å². The zero-order valence-electron chi connectivity index (χ0n) is 15.7. The van der Waals surface area contributed by atoms with Crippen molar-refractivity contribution in [1.82, 2.24) is 9.97 Å². The fourth-order valence-electron chi connectivity index (χ4n) is 2.55. The summed E-state index contributed by atoms with van der Waals surface area (Å²) in [6.45, 7) is 9.93. The predicted octanol–water partition coefficient (Wildman–Crippen LogP) is 5.33. The molecule has 0 unspecified atom stereocenters. The van der Waals surface area contributed by atoms with Gasteiger partial charge in [-0.15, -0.1) is 6.58 Å². The number of benzene rings is 1. The number of hydrogen-bond acceptors (Lipinski definition) is 4. The van der Waals surface area contributed by atoms with Gasteiger partial charge in [-0.3, -0.25) is 5.43 Å². The maximum absolute atomic E-state index is 4.72. The van der Waals surface area contributed by atoms with E-state index in [-0.39, 0.29) is 0 Å². The summed E-state index contributed by atoms with van der Waals surface area (Å²) in [4.78, 5) is 9.40. The van der Waals surface area contributed by atoms with E-state index < -0.39 is 0 Å². The fourth-order valence-corrected chi connectivity index (χ4v) is 2.55. The van der Waals surface area contributed by atoms with Gasteiger partial charge in [0.05, 0.1) is 6.21 Å². The number of hydrazone groups is 1. The molecule has 0 spiro atoms. The molecule has 1 N–H and O–H groups in total. The summed E-state index contributed by atoms with van der Waals surface area (Å²) in [6.07, 6.45) is 11.4. The molecule has 0 fully saturated rings. The molecule has 1 heterocycles. The van der Waals surface area contributed by atoms with E-state index in [1.165, 1.54) is 0 Å². The minimum Gasteiger partial charge on any atom is -0.261 e. The molecule has 134 valence electrons. The van der Waals surface area contributed by atoms with Gasteiger partial charge in [0, 0.05) is 16.8 Å². The maximum Gasteiger partial charge on any atom is 0.161 e. The summed E-state index contributed by atoms with van der Waals surface area (Å²) in [5, 5.41) is 4.35. The number of anilines is 1. The van der Waals surface area contributed by atoms with Crippen LogP contribution >= 0.6 is 0 Å². The highest BCUT2D eigenvalue weighted by Crippen LogP contribution is 2.22. The molecule has 4 heteroatoms. The molecular formula is C22H26N4. The third kappa shape index (κ3) is 5.24. The lowest BCUT2D eigenvalue weighted by Gasteiger charge is -2.12. The Morgan fingerprint density at radius 3 is 2.65 bits per heavy atom. The van der Waals surface area contributed by atoms with Gasteiger partial charge < -0.3 is 0 Å². The highest BCUT2D eigenvalue weighted by molar-refractivity contribution is 5.80. The van der Waals surface area contributed by atoms with Crippen LogP contribution in [0.15, 0.2) is 66.3 Å².